The highest BCUT2D eigenvalue weighted by atomic mass is 79.9. The number of alkyl halides is 1. The van der Waals surface area contributed by atoms with E-state index in [-0.39, 0.29) is 15.9 Å². The van der Waals surface area contributed by atoms with Crippen LogP contribution in [0, 0.1) is 11.6 Å². The minimum Gasteiger partial charge on any atom is -0.293 e. The summed E-state index contributed by atoms with van der Waals surface area (Å²) in [5, 5.41) is 0. The Hall–Kier alpha value is -0.480. The predicted octanol–water partition coefficient (Wildman–Crippen LogP) is 3.15. The topological polar surface area (TPSA) is 17.1 Å². The molecule has 0 unspecified atom stereocenters. The summed E-state index contributed by atoms with van der Waals surface area (Å²) in [6.45, 7) is 0. The first-order valence-electron chi connectivity index (χ1n) is 3.30. The fourth-order valence-corrected chi connectivity index (χ4v) is 1.41. The van der Waals surface area contributed by atoms with Gasteiger partial charge in [0.25, 0.3) is 0 Å². The molecule has 1 nitrogen and oxygen atoms in total. The zero-order valence-electron chi connectivity index (χ0n) is 6.28. The predicted molar refractivity (Wildman–Crippen MR) is 49.1 cm³/mol. The standard InChI is InChI=1S/C8H4BrClF2O/c9-6-2-4(11)1-5(8(6)12)7(13)3-10/h1-2H,3H2. The van der Waals surface area contributed by atoms with E-state index in [1.807, 2.05) is 0 Å². The lowest BCUT2D eigenvalue weighted by molar-refractivity contribution is 0.101. The van der Waals surface area contributed by atoms with Gasteiger partial charge in [0.2, 0.25) is 0 Å². The number of halogens is 4. The molecule has 5 heteroatoms. The number of Topliss-reactive ketones (excluding diaryl/α,β-unsaturated/α-hetero) is 1. The molecular weight excluding hydrogens is 265 g/mol. The number of ketones is 1. The van der Waals surface area contributed by atoms with Crippen molar-refractivity contribution >= 4 is 33.3 Å². The largest absolute Gasteiger partial charge is 0.293 e. The van der Waals surface area contributed by atoms with Crippen LogP contribution in [0.15, 0.2) is 16.6 Å². The van der Waals surface area contributed by atoms with Crippen molar-refractivity contribution in [3.63, 3.8) is 0 Å². The van der Waals surface area contributed by atoms with Crippen LogP contribution in [0.25, 0.3) is 0 Å². The third-order valence-electron chi connectivity index (χ3n) is 1.41. The molecule has 0 saturated heterocycles. The van der Waals surface area contributed by atoms with E-state index in [2.05, 4.69) is 15.9 Å². The number of rotatable bonds is 2. The van der Waals surface area contributed by atoms with Gasteiger partial charge < -0.3 is 0 Å². The van der Waals surface area contributed by atoms with Crippen molar-refractivity contribution in [2.45, 2.75) is 0 Å². The normalized spacial score (nSPS) is 10.2. The van der Waals surface area contributed by atoms with Crippen molar-refractivity contribution in [1.82, 2.24) is 0 Å². The lowest BCUT2D eigenvalue weighted by atomic mass is 10.1. The van der Waals surface area contributed by atoms with Gasteiger partial charge in [-0.3, -0.25) is 4.79 Å². The first-order chi connectivity index (χ1) is 6.06. The van der Waals surface area contributed by atoms with Gasteiger partial charge in [0.15, 0.2) is 5.78 Å². The van der Waals surface area contributed by atoms with Crippen LogP contribution in [0.1, 0.15) is 10.4 Å². The summed E-state index contributed by atoms with van der Waals surface area (Å²) in [5.41, 5.74) is -0.332. The van der Waals surface area contributed by atoms with Gasteiger partial charge in [-0.1, -0.05) is 0 Å². The molecule has 13 heavy (non-hydrogen) atoms. The van der Waals surface area contributed by atoms with Crippen molar-refractivity contribution in [2.75, 3.05) is 5.88 Å². The van der Waals surface area contributed by atoms with Gasteiger partial charge in [-0.25, -0.2) is 8.78 Å². The molecule has 70 valence electrons. The Morgan fingerprint density at radius 2 is 2.08 bits per heavy atom. The van der Waals surface area contributed by atoms with E-state index in [1.54, 1.807) is 0 Å². The summed E-state index contributed by atoms with van der Waals surface area (Å²) in [6.07, 6.45) is 0. The van der Waals surface area contributed by atoms with Gasteiger partial charge in [-0.05, 0) is 28.1 Å². The maximum atomic E-state index is 13.1. The Bertz CT molecular complexity index is 354. The number of hydrogen-bond acceptors (Lipinski definition) is 1. The smallest absolute Gasteiger partial charge is 0.180 e. The summed E-state index contributed by atoms with van der Waals surface area (Å²) < 4.78 is 25.8. The molecule has 0 radical (unpaired) electrons. The van der Waals surface area contributed by atoms with E-state index in [0.29, 0.717) is 0 Å². The molecule has 0 fully saturated rings. The lowest BCUT2D eigenvalue weighted by Crippen LogP contribution is -2.05. The molecule has 0 amide bonds. The van der Waals surface area contributed by atoms with Crippen molar-refractivity contribution in [3.05, 3.63) is 33.8 Å². The summed E-state index contributed by atoms with van der Waals surface area (Å²) in [4.78, 5) is 11.0. The molecule has 0 aromatic heterocycles. The Morgan fingerprint density at radius 3 is 2.62 bits per heavy atom. The van der Waals surface area contributed by atoms with Crippen LogP contribution in [0.5, 0.6) is 0 Å². The van der Waals surface area contributed by atoms with Crippen LogP contribution >= 0.6 is 27.5 Å². The van der Waals surface area contributed by atoms with E-state index in [0.717, 1.165) is 12.1 Å². The van der Waals surface area contributed by atoms with E-state index in [1.165, 1.54) is 0 Å². The van der Waals surface area contributed by atoms with Crippen LogP contribution in [-0.2, 0) is 0 Å². The van der Waals surface area contributed by atoms with Gasteiger partial charge >= 0.3 is 0 Å². The van der Waals surface area contributed by atoms with Gasteiger partial charge in [-0.2, -0.15) is 0 Å². The Labute approximate surface area is 86.8 Å². The minimum atomic E-state index is -0.785. The van der Waals surface area contributed by atoms with Crippen molar-refractivity contribution in [1.29, 1.82) is 0 Å². The zero-order chi connectivity index (χ0) is 10.0. The summed E-state index contributed by atoms with van der Waals surface area (Å²) in [5.74, 6) is -2.47. The van der Waals surface area contributed by atoms with Crippen molar-refractivity contribution < 1.29 is 13.6 Å². The highest BCUT2D eigenvalue weighted by Crippen LogP contribution is 2.21. The van der Waals surface area contributed by atoms with Crippen LogP contribution < -0.4 is 0 Å². The van der Waals surface area contributed by atoms with Crippen LogP contribution in [0.2, 0.25) is 0 Å². The quantitative estimate of drug-likeness (QED) is 0.458. The molecule has 0 aliphatic carbocycles. The van der Waals surface area contributed by atoms with Gasteiger partial charge in [-0.15, -0.1) is 11.6 Å². The molecule has 0 bridgehead atoms. The first-order valence-corrected chi connectivity index (χ1v) is 4.62. The van der Waals surface area contributed by atoms with Gasteiger partial charge in [0.1, 0.15) is 11.6 Å². The average Bonchev–Trinajstić information content (AvgIpc) is 2.10. The van der Waals surface area contributed by atoms with Gasteiger partial charge in [0.05, 0.1) is 15.9 Å². The van der Waals surface area contributed by atoms with E-state index in [9.17, 15) is 13.6 Å². The monoisotopic (exact) mass is 268 g/mol. The fourth-order valence-electron chi connectivity index (χ4n) is 0.831. The summed E-state index contributed by atoms with van der Waals surface area (Å²) in [6, 6.07) is 1.77. The van der Waals surface area contributed by atoms with Crippen molar-refractivity contribution in [2.24, 2.45) is 0 Å². The second-order valence-electron chi connectivity index (χ2n) is 2.31. The SMILES string of the molecule is O=C(CCl)c1cc(F)cc(Br)c1F. The van der Waals surface area contributed by atoms with E-state index < -0.39 is 17.4 Å². The third kappa shape index (κ3) is 2.25. The molecule has 0 aliphatic heterocycles. The molecular formula is C8H4BrClF2O. The number of carbonyl (C=O) groups is 1. The van der Waals surface area contributed by atoms with Crippen LogP contribution in [-0.4, -0.2) is 11.7 Å². The lowest BCUT2D eigenvalue weighted by Gasteiger charge is -2.01. The third-order valence-corrected chi connectivity index (χ3v) is 2.23. The summed E-state index contributed by atoms with van der Waals surface area (Å²) in [7, 11) is 0. The molecule has 1 aromatic carbocycles. The molecule has 0 saturated carbocycles. The maximum absolute atomic E-state index is 13.1. The maximum Gasteiger partial charge on any atom is 0.180 e. The zero-order valence-corrected chi connectivity index (χ0v) is 8.62. The summed E-state index contributed by atoms with van der Waals surface area (Å²) >= 11 is 7.99. The number of carbonyl (C=O) groups excluding carboxylic acids is 1. The second kappa shape index (κ2) is 4.15. The fraction of sp³-hybridized carbons (Fsp3) is 0.125. The minimum absolute atomic E-state index is 0.0824. The molecule has 0 N–H and O–H groups in total. The van der Waals surface area contributed by atoms with E-state index in [4.69, 9.17) is 11.6 Å². The molecule has 1 aromatic rings. The molecule has 0 aliphatic rings. The van der Waals surface area contributed by atoms with Gasteiger partial charge in [0, 0.05) is 0 Å². The Morgan fingerprint density at radius 1 is 1.46 bits per heavy atom. The molecule has 0 spiro atoms. The van der Waals surface area contributed by atoms with Crippen LogP contribution in [0.4, 0.5) is 8.78 Å². The Balaban J connectivity index is 3.28. The van der Waals surface area contributed by atoms with Crippen LogP contribution in [0.3, 0.4) is 0 Å². The Kier molecular flexibility index (Phi) is 3.39. The molecule has 1 rings (SSSR count). The number of hydrogen-bond donors (Lipinski definition) is 0. The van der Waals surface area contributed by atoms with Crippen molar-refractivity contribution in [3.8, 4) is 0 Å². The average molecular weight is 269 g/mol. The highest BCUT2D eigenvalue weighted by Gasteiger charge is 2.14. The second-order valence-corrected chi connectivity index (χ2v) is 3.43. The molecule has 0 atom stereocenters. The number of benzene rings is 1. The molecule has 0 heterocycles. The van der Waals surface area contributed by atoms with E-state index >= 15 is 0 Å². The highest BCUT2D eigenvalue weighted by molar-refractivity contribution is 9.10. The first kappa shape index (κ1) is 10.6.